The Labute approximate surface area is 162 Å². The first kappa shape index (κ1) is 18.8. The van der Waals surface area contributed by atoms with E-state index in [9.17, 15) is 9.59 Å². The number of hydrogen-bond acceptors (Lipinski definition) is 5. The molecule has 0 bridgehead atoms. The van der Waals surface area contributed by atoms with Crippen LogP contribution in [0.2, 0.25) is 0 Å². The van der Waals surface area contributed by atoms with E-state index in [0.29, 0.717) is 17.3 Å². The number of urea groups is 1. The number of aryl methyl sites for hydroxylation is 1. The predicted molar refractivity (Wildman–Crippen MR) is 105 cm³/mol. The number of carbonyl (C=O) groups excluding carboxylic acids is 2. The maximum Gasteiger partial charge on any atom is 0.325 e. The van der Waals surface area contributed by atoms with Crippen LogP contribution in [-0.2, 0) is 11.3 Å². The Balaban J connectivity index is 1.87. The highest BCUT2D eigenvalue weighted by Gasteiger charge is 2.48. The Hall–Kier alpha value is -1.99. The summed E-state index contributed by atoms with van der Waals surface area (Å²) in [6.45, 7) is 4.41. The number of hydrogen-bond donors (Lipinski definition) is 1. The highest BCUT2D eigenvalue weighted by atomic mass is 35.5. The molecule has 0 aromatic heterocycles. The van der Waals surface area contributed by atoms with Gasteiger partial charge in [0.15, 0.2) is 17.4 Å². The molecule has 8 heteroatoms. The molecule has 0 radical (unpaired) electrons. The molecule has 138 valence electrons. The molecule has 2 heterocycles. The van der Waals surface area contributed by atoms with Gasteiger partial charge in [-0.1, -0.05) is 59.3 Å². The second-order valence-electron chi connectivity index (χ2n) is 6.39. The molecular weight excluding hydrogens is 372 g/mol. The van der Waals surface area contributed by atoms with Gasteiger partial charge < -0.3 is 9.80 Å². The van der Waals surface area contributed by atoms with Crippen molar-refractivity contribution in [2.24, 2.45) is 4.99 Å². The average molecular weight is 393 g/mol. The third-order valence-electron chi connectivity index (χ3n) is 4.37. The van der Waals surface area contributed by atoms with Crippen molar-refractivity contribution in [1.82, 2.24) is 15.1 Å². The lowest BCUT2D eigenvalue weighted by atomic mass is 10.1. The van der Waals surface area contributed by atoms with Gasteiger partial charge in [0.25, 0.3) is 5.91 Å². The maximum absolute atomic E-state index is 12.5. The zero-order valence-corrected chi connectivity index (χ0v) is 16.5. The summed E-state index contributed by atoms with van der Waals surface area (Å²) < 4.78 is 0. The van der Waals surface area contributed by atoms with E-state index >= 15 is 0 Å². The van der Waals surface area contributed by atoms with Crippen molar-refractivity contribution in [3.63, 3.8) is 0 Å². The van der Waals surface area contributed by atoms with Gasteiger partial charge >= 0.3 is 6.03 Å². The monoisotopic (exact) mass is 392 g/mol. The molecule has 1 aromatic rings. The van der Waals surface area contributed by atoms with Crippen LogP contribution < -0.4 is 5.32 Å². The van der Waals surface area contributed by atoms with E-state index in [0.717, 1.165) is 10.7 Å². The molecule has 1 fully saturated rings. The molecule has 26 heavy (non-hydrogen) atoms. The number of thioether (sulfide) groups is 1. The van der Waals surface area contributed by atoms with Crippen molar-refractivity contribution in [1.29, 1.82) is 0 Å². The lowest BCUT2D eigenvalue weighted by molar-refractivity contribution is -0.127. The highest BCUT2D eigenvalue weighted by molar-refractivity contribution is 8.13. The first-order chi connectivity index (χ1) is 12.4. The summed E-state index contributed by atoms with van der Waals surface area (Å²) in [5, 5.41) is 3.86. The maximum atomic E-state index is 12.5. The molecule has 0 spiro atoms. The number of amidine groups is 1. The van der Waals surface area contributed by atoms with Crippen LogP contribution in [-0.4, -0.2) is 51.9 Å². The summed E-state index contributed by atoms with van der Waals surface area (Å²) in [4.78, 5) is 32.5. The lowest BCUT2D eigenvalue weighted by Crippen LogP contribution is -2.63. The summed E-state index contributed by atoms with van der Waals surface area (Å²) in [6, 6.07) is 7.24. The van der Waals surface area contributed by atoms with Crippen molar-refractivity contribution in [2.75, 3.05) is 12.8 Å². The number of rotatable bonds is 4. The minimum absolute atomic E-state index is 0.311. The number of carbonyl (C=O) groups is 2. The standard InChI is InChI=1S/C18H21ClN4O2S/c1-11-4-6-13(7-5-11)10-23-14-15(22(3)17(25)21-16(14)24)20-18(23)26-9-8-12(2)19/h4-8,14-15H,9-10H2,1-3H3,(H,21,24,25)/b12-8+. The topological polar surface area (TPSA) is 65.0 Å². The van der Waals surface area contributed by atoms with Gasteiger partial charge in [-0.05, 0) is 19.4 Å². The van der Waals surface area contributed by atoms with Crippen molar-refractivity contribution < 1.29 is 9.59 Å². The second-order valence-corrected chi connectivity index (χ2v) is 7.97. The third kappa shape index (κ3) is 3.88. The van der Waals surface area contributed by atoms with Gasteiger partial charge in [-0.2, -0.15) is 0 Å². The number of benzene rings is 1. The van der Waals surface area contributed by atoms with Gasteiger partial charge in [0.05, 0.1) is 0 Å². The number of amides is 3. The average Bonchev–Trinajstić information content (AvgIpc) is 2.94. The van der Waals surface area contributed by atoms with Gasteiger partial charge in [-0.25, -0.2) is 9.79 Å². The number of fused-ring (bicyclic) bond motifs is 1. The number of nitrogens with zero attached hydrogens (tertiary/aromatic N) is 3. The van der Waals surface area contributed by atoms with Crippen molar-refractivity contribution in [3.8, 4) is 0 Å². The minimum atomic E-state index is -0.525. The highest BCUT2D eigenvalue weighted by Crippen LogP contribution is 2.30. The molecule has 1 saturated heterocycles. The Morgan fingerprint density at radius 1 is 1.35 bits per heavy atom. The van der Waals surface area contributed by atoms with Crippen LogP contribution in [0.15, 0.2) is 40.4 Å². The third-order valence-corrected chi connectivity index (χ3v) is 5.46. The van der Waals surface area contributed by atoms with Crippen LogP contribution in [0, 0.1) is 6.92 Å². The normalized spacial score (nSPS) is 23.1. The van der Waals surface area contributed by atoms with E-state index in [1.807, 2.05) is 49.1 Å². The van der Waals surface area contributed by atoms with Crippen molar-refractivity contribution in [3.05, 3.63) is 46.5 Å². The smallest absolute Gasteiger partial charge is 0.325 e. The SMILES string of the molecule is C/C(Cl)=C\CSC1=NC2C(C(=O)NC(=O)N2C)N1Cc1ccc(C)cc1. The Morgan fingerprint density at radius 2 is 2.04 bits per heavy atom. The van der Waals surface area contributed by atoms with Gasteiger partial charge in [0, 0.05) is 24.4 Å². The van der Waals surface area contributed by atoms with Crippen LogP contribution in [0.1, 0.15) is 18.1 Å². The molecule has 3 amide bonds. The molecule has 3 rings (SSSR count). The molecule has 1 N–H and O–H groups in total. The molecule has 6 nitrogen and oxygen atoms in total. The van der Waals surface area contributed by atoms with Crippen LogP contribution in [0.25, 0.3) is 0 Å². The van der Waals surface area contributed by atoms with Crippen LogP contribution in [0.5, 0.6) is 0 Å². The van der Waals surface area contributed by atoms with E-state index in [4.69, 9.17) is 11.6 Å². The largest absolute Gasteiger partial charge is 0.331 e. The van der Waals surface area contributed by atoms with E-state index in [1.165, 1.54) is 22.2 Å². The van der Waals surface area contributed by atoms with Crippen molar-refractivity contribution >= 4 is 40.5 Å². The van der Waals surface area contributed by atoms with Gasteiger partial charge in [-0.3, -0.25) is 10.1 Å². The number of imide groups is 1. The molecular formula is C18H21ClN4O2S. The summed E-state index contributed by atoms with van der Waals surface area (Å²) in [5.41, 5.74) is 2.26. The Bertz CT molecular complexity index is 774. The lowest BCUT2D eigenvalue weighted by Gasteiger charge is -2.36. The summed E-state index contributed by atoms with van der Waals surface area (Å²) >= 11 is 7.42. The van der Waals surface area contributed by atoms with Crippen LogP contribution in [0.3, 0.4) is 0 Å². The second kappa shape index (κ2) is 7.72. The van der Waals surface area contributed by atoms with E-state index in [2.05, 4.69) is 10.3 Å². The number of halogens is 1. The molecule has 0 aliphatic carbocycles. The fourth-order valence-corrected chi connectivity index (χ4v) is 4.09. The molecule has 1 aromatic carbocycles. The summed E-state index contributed by atoms with van der Waals surface area (Å²) in [5.74, 6) is 0.339. The minimum Gasteiger partial charge on any atom is -0.331 e. The van der Waals surface area contributed by atoms with Gasteiger partial charge in [0.1, 0.15) is 0 Å². The molecule has 2 atom stereocenters. The fraction of sp³-hybridized carbons (Fsp3) is 0.389. The summed E-state index contributed by atoms with van der Waals surface area (Å²) in [7, 11) is 1.66. The van der Waals surface area contributed by atoms with Gasteiger partial charge in [-0.15, -0.1) is 0 Å². The fourth-order valence-electron chi connectivity index (χ4n) is 2.91. The first-order valence-electron chi connectivity index (χ1n) is 8.29. The molecule has 2 aliphatic heterocycles. The number of allylic oxidation sites excluding steroid dienone is 1. The molecule has 2 unspecified atom stereocenters. The predicted octanol–water partition coefficient (Wildman–Crippen LogP) is 2.92. The van der Waals surface area contributed by atoms with Crippen LogP contribution >= 0.6 is 23.4 Å². The molecule has 0 saturated carbocycles. The number of nitrogens with one attached hydrogen (secondary N) is 1. The number of aliphatic imine (C=N–C) groups is 1. The van der Waals surface area contributed by atoms with Gasteiger partial charge in [0.2, 0.25) is 0 Å². The zero-order chi connectivity index (χ0) is 18.8. The Morgan fingerprint density at radius 3 is 2.69 bits per heavy atom. The number of likely N-dealkylation sites (N-methyl/N-ethyl adjacent to an activating group) is 1. The Kier molecular flexibility index (Phi) is 5.58. The molecule has 2 aliphatic rings. The van der Waals surface area contributed by atoms with E-state index in [1.54, 1.807) is 7.05 Å². The van der Waals surface area contributed by atoms with E-state index < -0.39 is 18.2 Å². The first-order valence-corrected chi connectivity index (χ1v) is 9.66. The van der Waals surface area contributed by atoms with Crippen molar-refractivity contribution in [2.45, 2.75) is 32.6 Å². The van der Waals surface area contributed by atoms with E-state index in [-0.39, 0.29) is 5.91 Å². The quantitative estimate of drug-likeness (QED) is 0.855. The van der Waals surface area contributed by atoms with Crippen LogP contribution in [0.4, 0.5) is 4.79 Å². The summed E-state index contributed by atoms with van der Waals surface area (Å²) in [6.07, 6.45) is 1.39. The zero-order valence-electron chi connectivity index (χ0n) is 14.9.